The Labute approximate surface area is 116 Å². The number of aromatic nitrogens is 3. The fourth-order valence-electron chi connectivity index (χ4n) is 2.31. The van der Waals surface area contributed by atoms with Gasteiger partial charge in [-0.3, -0.25) is 4.68 Å². The Balaban J connectivity index is 1.82. The summed E-state index contributed by atoms with van der Waals surface area (Å²) in [6.07, 6.45) is 4.34. The number of nitrogens with one attached hydrogen (secondary N) is 1. The van der Waals surface area contributed by atoms with Crippen LogP contribution in [0, 0.1) is 0 Å². The van der Waals surface area contributed by atoms with Gasteiger partial charge in [0.1, 0.15) is 12.4 Å². The second-order valence-electron chi connectivity index (χ2n) is 4.86. The zero-order chi connectivity index (χ0) is 14.5. The summed E-state index contributed by atoms with van der Waals surface area (Å²) in [7, 11) is 1.78. The van der Waals surface area contributed by atoms with Crippen molar-refractivity contribution < 1.29 is 14.7 Å². The summed E-state index contributed by atoms with van der Waals surface area (Å²) >= 11 is 0. The topological polar surface area (TPSA) is 100 Å². The molecular weight excluding hydrogens is 262 g/mol. The molecule has 2 N–H and O–H groups in total. The molecule has 1 saturated heterocycles. The van der Waals surface area contributed by atoms with Gasteiger partial charge in [0.25, 0.3) is 0 Å². The smallest absolute Gasteiger partial charge is 0.326 e. The maximum atomic E-state index is 12.0. The number of carbonyl (C=O) groups excluding carboxylic acids is 1. The molecule has 2 rings (SSSR count). The third kappa shape index (κ3) is 3.46. The maximum absolute atomic E-state index is 12.0. The molecule has 20 heavy (non-hydrogen) atoms. The molecule has 1 unspecified atom stereocenters. The number of likely N-dealkylation sites (tertiary alicyclic amines) is 1. The molecule has 110 valence electrons. The van der Waals surface area contributed by atoms with E-state index in [4.69, 9.17) is 5.11 Å². The van der Waals surface area contributed by atoms with Gasteiger partial charge in [0.2, 0.25) is 0 Å². The van der Waals surface area contributed by atoms with Crippen molar-refractivity contribution in [1.29, 1.82) is 0 Å². The van der Waals surface area contributed by atoms with Crippen LogP contribution in [-0.2, 0) is 18.3 Å². The van der Waals surface area contributed by atoms with E-state index < -0.39 is 12.0 Å². The Morgan fingerprint density at radius 2 is 2.30 bits per heavy atom. The third-order valence-corrected chi connectivity index (χ3v) is 3.32. The number of carboxylic acid groups (broad SMARTS) is 1. The summed E-state index contributed by atoms with van der Waals surface area (Å²) in [5, 5.41) is 16.0. The highest BCUT2D eigenvalue weighted by atomic mass is 16.4. The van der Waals surface area contributed by atoms with Gasteiger partial charge in [0.05, 0.1) is 0 Å². The third-order valence-electron chi connectivity index (χ3n) is 3.32. The number of carbonyl (C=O) groups is 2. The number of hydrogen-bond donors (Lipinski definition) is 2. The molecule has 0 aromatic carbocycles. The summed E-state index contributed by atoms with van der Waals surface area (Å²) in [6, 6.07) is -1.04. The fraction of sp³-hybridized carbons (Fsp3) is 0.667. The number of rotatable bonds is 4. The van der Waals surface area contributed by atoms with Gasteiger partial charge in [0.15, 0.2) is 5.82 Å². The highest BCUT2D eigenvalue weighted by Crippen LogP contribution is 2.17. The van der Waals surface area contributed by atoms with Crippen LogP contribution in [0.2, 0.25) is 0 Å². The largest absolute Gasteiger partial charge is 0.480 e. The minimum absolute atomic E-state index is 0.326. The van der Waals surface area contributed by atoms with Gasteiger partial charge in [-0.05, 0) is 19.3 Å². The summed E-state index contributed by atoms with van der Waals surface area (Å²) in [5.41, 5.74) is 0. The summed E-state index contributed by atoms with van der Waals surface area (Å²) in [5.74, 6) is -0.285. The molecule has 1 aliphatic heterocycles. The van der Waals surface area contributed by atoms with Gasteiger partial charge in [-0.15, -0.1) is 0 Å². The summed E-state index contributed by atoms with van der Waals surface area (Å²) < 4.78 is 1.60. The number of hydrogen-bond acceptors (Lipinski definition) is 4. The van der Waals surface area contributed by atoms with E-state index >= 15 is 0 Å². The van der Waals surface area contributed by atoms with Crippen LogP contribution >= 0.6 is 0 Å². The van der Waals surface area contributed by atoms with Crippen LogP contribution in [0.25, 0.3) is 0 Å². The minimum Gasteiger partial charge on any atom is -0.480 e. The molecule has 8 nitrogen and oxygen atoms in total. The Morgan fingerprint density at radius 3 is 2.95 bits per heavy atom. The van der Waals surface area contributed by atoms with Crippen LogP contribution < -0.4 is 5.32 Å². The molecule has 1 aliphatic rings. The van der Waals surface area contributed by atoms with E-state index in [0.717, 1.165) is 12.8 Å². The standard InChI is InChI=1S/C12H19N5O3/c1-16-8-14-10(15-16)5-6-13-12(20)17-7-3-2-4-9(17)11(18)19/h8-9H,2-7H2,1H3,(H,13,20)(H,18,19). The predicted octanol–water partition coefficient (Wildman–Crippen LogP) is 0.00630. The second-order valence-corrected chi connectivity index (χ2v) is 4.86. The predicted molar refractivity (Wildman–Crippen MR) is 70.1 cm³/mol. The first kappa shape index (κ1) is 14.3. The van der Waals surface area contributed by atoms with Gasteiger partial charge in [-0.25, -0.2) is 14.6 Å². The van der Waals surface area contributed by atoms with E-state index in [1.54, 1.807) is 18.1 Å². The molecule has 1 aromatic rings. The van der Waals surface area contributed by atoms with Crippen molar-refractivity contribution in [3.05, 3.63) is 12.2 Å². The summed E-state index contributed by atoms with van der Waals surface area (Å²) in [6.45, 7) is 0.885. The quantitative estimate of drug-likeness (QED) is 0.809. The lowest BCUT2D eigenvalue weighted by molar-refractivity contribution is -0.143. The lowest BCUT2D eigenvalue weighted by Crippen LogP contribution is -2.52. The van der Waals surface area contributed by atoms with E-state index in [1.807, 2.05) is 0 Å². The van der Waals surface area contributed by atoms with Crippen LogP contribution in [-0.4, -0.2) is 55.9 Å². The number of amides is 2. The first-order valence-corrected chi connectivity index (χ1v) is 6.69. The number of aliphatic carboxylic acids is 1. The molecule has 0 bridgehead atoms. The second kappa shape index (κ2) is 6.36. The lowest BCUT2D eigenvalue weighted by Gasteiger charge is -2.32. The monoisotopic (exact) mass is 281 g/mol. The van der Waals surface area contributed by atoms with Crippen molar-refractivity contribution in [2.75, 3.05) is 13.1 Å². The van der Waals surface area contributed by atoms with E-state index in [-0.39, 0.29) is 6.03 Å². The maximum Gasteiger partial charge on any atom is 0.326 e. The molecular formula is C12H19N5O3. The van der Waals surface area contributed by atoms with Crippen LogP contribution in [0.1, 0.15) is 25.1 Å². The zero-order valence-electron chi connectivity index (χ0n) is 11.4. The highest BCUT2D eigenvalue weighted by molar-refractivity contribution is 5.82. The van der Waals surface area contributed by atoms with E-state index in [0.29, 0.717) is 31.8 Å². The number of aryl methyl sites for hydroxylation is 1. The molecule has 0 radical (unpaired) electrons. The Morgan fingerprint density at radius 1 is 1.50 bits per heavy atom. The lowest BCUT2D eigenvalue weighted by atomic mass is 10.0. The average Bonchev–Trinajstić information content (AvgIpc) is 2.84. The van der Waals surface area contributed by atoms with Gasteiger partial charge >= 0.3 is 12.0 Å². The van der Waals surface area contributed by atoms with Crippen LogP contribution in [0.4, 0.5) is 4.79 Å². The van der Waals surface area contributed by atoms with Gasteiger partial charge in [0, 0.05) is 26.6 Å². The van der Waals surface area contributed by atoms with Crippen molar-refractivity contribution in [2.24, 2.45) is 7.05 Å². The number of carboxylic acids is 1. The molecule has 1 fully saturated rings. The van der Waals surface area contributed by atoms with Crippen molar-refractivity contribution in [3.63, 3.8) is 0 Å². The number of urea groups is 1. The van der Waals surface area contributed by atoms with Crippen molar-refractivity contribution in [1.82, 2.24) is 25.0 Å². The van der Waals surface area contributed by atoms with Crippen LogP contribution in [0.5, 0.6) is 0 Å². The summed E-state index contributed by atoms with van der Waals surface area (Å²) in [4.78, 5) is 28.6. The molecule has 1 atom stereocenters. The molecule has 2 heterocycles. The van der Waals surface area contributed by atoms with Crippen molar-refractivity contribution in [2.45, 2.75) is 31.7 Å². The van der Waals surface area contributed by atoms with Crippen molar-refractivity contribution in [3.8, 4) is 0 Å². The zero-order valence-corrected chi connectivity index (χ0v) is 11.4. The molecule has 8 heteroatoms. The molecule has 2 amide bonds. The van der Waals surface area contributed by atoms with Crippen molar-refractivity contribution >= 4 is 12.0 Å². The molecule has 0 spiro atoms. The highest BCUT2D eigenvalue weighted by Gasteiger charge is 2.31. The Hall–Kier alpha value is -2.12. The SMILES string of the molecule is Cn1cnc(CCNC(=O)N2CCCCC2C(=O)O)n1. The molecule has 0 aliphatic carbocycles. The molecule has 1 aromatic heterocycles. The van der Waals surface area contributed by atoms with E-state index in [1.165, 1.54) is 4.90 Å². The number of nitrogens with zero attached hydrogens (tertiary/aromatic N) is 4. The Kier molecular flexibility index (Phi) is 4.54. The van der Waals surface area contributed by atoms with Crippen LogP contribution in [0.3, 0.4) is 0 Å². The van der Waals surface area contributed by atoms with Crippen LogP contribution in [0.15, 0.2) is 6.33 Å². The fourth-order valence-corrected chi connectivity index (χ4v) is 2.31. The normalized spacial score (nSPS) is 18.9. The number of piperidine rings is 1. The first-order valence-electron chi connectivity index (χ1n) is 6.69. The van der Waals surface area contributed by atoms with Gasteiger partial charge < -0.3 is 15.3 Å². The van der Waals surface area contributed by atoms with Gasteiger partial charge in [-0.1, -0.05) is 0 Å². The molecule has 0 saturated carbocycles. The van der Waals surface area contributed by atoms with Gasteiger partial charge in [-0.2, -0.15) is 5.10 Å². The van der Waals surface area contributed by atoms with E-state index in [2.05, 4.69) is 15.4 Å². The average molecular weight is 281 g/mol. The first-order chi connectivity index (χ1) is 9.58. The minimum atomic E-state index is -0.939. The Bertz CT molecular complexity index is 487. The van der Waals surface area contributed by atoms with E-state index in [9.17, 15) is 9.59 Å².